The summed E-state index contributed by atoms with van der Waals surface area (Å²) in [5, 5.41) is 11.6. The van der Waals surface area contributed by atoms with Crippen molar-refractivity contribution >= 4 is 23.2 Å². The van der Waals surface area contributed by atoms with Crippen molar-refractivity contribution in [1.82, 2.24) is 4.90 Å². The molecule has 0 fully saturated rings. The monoisotopic (exact) mass is 374 g/mol. The highest BCUT2D eigenvalue weighted by Gasteiger charge is 2.30. The minimum Gasteiger partial charge on any atom is -0.492 e. The standard InChI is InChI=1S/C19H19ClN2O4/c1-12(13-4-3-5-17(10-13)22(24)25)21(2)19(23)15-8-14-9-16(20)6-7-18(14)26-11-15/h3-7,9-10,12,15H,8,11H2,1-2H3. The van der Waals surface area contributed by atoms with E-state index in [-0.39, 0.29) is 23.6 Å². The maximum absolute atomic E-state index is 12.9. The van der Waals surface area contributed by atoms with Gasteiger partial charge in [0.25, 0.3) is 5.69 Å². The summed E-state index contributed by atoms with van der Waals surface area (Å²) in [7, 11) is 1.71. The summed E-state index contributed by atoms with van der Waals surface area (Å²) in [6.45, 7) is 2.16. The third-order valence-electron chi connectivity index (χ3n) is 4.77. The molecule has 2 unspecified atom stereocenters. The van der Waals surface area contributed by atoms with E-state index in [1.165, 1.54) is 12.1 Å². The molecule has 136 valence electrons. The Morgan fingerprint density at radius 3 is 2.85 bits per heavy atom. The van der Waals surface area contributed by atoms with E-state index in [2.05, 4.69) is 0 Å². The van der Waals surface area contributed by atoms with Crippen LogP contribution in [0.25, 0.3) is 0 Å². The van der Waals surface area contributed by atoms with E-state index in [4.69, 9.17) is 16.3 Å². The first-order valence-electron chi connectivity index (χ1n) is 8.29. The third-order valence-corrected chi connectivity index (χ3v) is 5.01. The molecule has 2 aromatic carbocycles. The lowest BCUT2D eigenvalue weighted by Crippen LogP contribution is -2.39. The minimum absolute atomic E-state index is 0.0137. The maximum atomic E-state index is 12.9. The molecule has 7 heteroatoms. The molecule has 1 aliphatic heterocycles. The molecule has 1 heterocycles. The predicted molar refractivity (Wildman–Crippen MR) is 98.4 cm³/mol. The first-order chi connectivity index (χ1) is 12.4. The molecule has 0 bridgehead atoms. The van der Waals surface area contributed by atoms with Crippen LogP contribution in [-0.2, 0) is 11.2 Å². The Balaban J connectivity index is 1.75. The Kier molecular flexibility index (Phi) is 5.13. The van der Waals surface area contributed by atoms with E-state index in [0.29, 0.717) is 18.1 Å². The number of non-ortho nitro benzene ring substituents is 1. The van der Waals surface area contributed by atoms with Crippen LogP contribution in [0.2, 0.25) is 5.02 Å². The fourth-order valence-electron chi connectivity index (χ4n) is 3.12. The van der Waals surface area contributed by atoms with Crippen molar-refractivity contribution < 1.29 is 14.5 Å². The van der Waals surface area contributed by atoms with Crippen molar-refractivity contribution in [3.05, 3.63) is 68.7 Å². The molecule has 2 aromatic rings. The van der Waals surface area contributed by atoms with E-state index in [9.17, 15) is 14.9 Å². The molecular weight excluding hydrogens is 356 g/mol. The molecule has 2 atom stereocenters. The molecule has 26 heavy (non-hydrogen) atoms. The quantitative estimate of drug-likeness (QED) is 0.598. The topological polar surface area (TPSA) is 72.7 Å². The Morgan fingerprint density at radius 1 is 1.35 bits per heavy atom. The molecular formula is C19H19ClN2O4. The number of amides is 1. The lowest BCUT2D eigenvalue weighted by Gasteiger charge is -2.31. The largest absolute Gasteiger partial charge is 0.492 e. The number of ether oxygens (including phenoxy) is 1. The summed E-state index contributed by atoms with van der Waals surface area (Å²) in [4.78, 5) is 25.1. The van der Waals surface area contributed by atoms with Crippen LogP contribution in [0.4, 0.5) is 5.69 Å². The number of nitro groups is 1. The van der Waals surface area contributed by atoms with Crippen molar-refractivity contribution in [3.8, 4) is 5.75 Å². The van der Waals surface area contributed by atoms with E-state index >= 15 is 0 Å². The van der Waals surface area contributed by atoms with Crippen LogP contribution in [0.1, 0.15) is 24.1 Å². The van der Waals surface area contributed by atoms with Crippen molar-refractivity contribution in [1.29, 1.82) is 0 Å². The SMILES string of the molecule is CC(c1cccc([N+](=O)[O-])c1)N(C)C(=O)C1COc2ccc(Cl)cc2C1. The van der Waals surface area contributed by atoms with Crippen LogP contribution >= 0.6 is 11.6 Å². The second-order valence-electron chi connectivity index (χ2n) is 6.44. The molecule has 0 N–H and O–H groups in total. The first kappa shape index (κ1) is 18.2. The van der Waals surface area contributed by atoms with Gasteiger partial charge in [-0.05, 0) is 42.7 Å². The summed E-state index contributed by atoms with van der Waals surface area (Å²) >= 11 is 6.03. The van der Waals surface area contributed by atoms with Crippen LogP contribution in [-0.4, -0.2) is 29.4 Å². The summed E-state index contributed by atoms with van der Waals surface area (Å²) in [6, 6.07) is 11.5. The number of fused-ring (bicyclic) bond motifs is 1. The predicted octanol–water partition coefficient (Wildman–Crippen LogP) is 4.02. The van der Waals surface area contributed by atoms with Gasteiger partial charge in [-0.25, -0.2) is 0 Å². The number of carbonyl (C=O) groups excluding carboxylic acids is 1. The lowest BCUT2D eigenvalue weighted by molar-refractivity contribution is -0.384. The summed E-state index contributed by atoms with van der Waals surface area (Å²) in [5.41, 5.74) is 1.65. The van der Waals surface area contributed by atoms with Crippen LogP contribution in [0.3, 0.4) is 0 Å². The van der Waals surface area contributed by atoms with Gasteiger partial charge in [0.2, 0.25) is 5.91 Å². The molecule has 0 aromatic heterocycles. The smallest absolute Gasteiger partial charge is 0.269 e. The fraction of sp³-hybridized carbons (Fsp3) is 0.316. The molecule has 0 aliphatic carbocycles. The summed E-state index contributed by atoms with van der Waals surface area (Å²) in [6.07, 6.45) is 0.556. The van der Waals surface area contributed by atoms with Crippen LogP contribution in [0.15, 0.2) is 42.5 Å². The van der Waals surface area contributed by atoms with E-state index in [0.717, 1.165) is 16.9 Å². The van der Waals surface area contributed by atoms with Crippen LogP contribution in [0.5, 0.6) is 5.75 Å². The zero-order valence-electron chi connectivity index (χ0n) is 14.5. The van der Waals surface area contributed by atoms with Gasteiger partial charge in [0, 0.05) is 24.2 Å². The van der Waals surface area contributed by atoms with Gasteiger partial charge >= 0.3 is 0 Å². The Labute approximate surface area is 156 Å². The zero-order valence-corrected chi connectivity index (χ0v) is 15.3. The fourth-order valence-corrected chi connectivity index (χ4v) is 3.32. The van der Waals surface area contributed by atoms with Gasteiger partial charge in [0.05, 0.1) is 16.9 Å². The second-order valence-corrected chi connectivity index (χ2v) is 6.88. The molecule has 0 saturated carbocycles. The second kappa shape index (κ2) is 7.33. The molecule has 0 radical (unpaired) electrons. The number of halogens is 1. The van der Waals surface area contributed by atoms with Crippen LogP contribution in [0, 0.1) is 16.0 Å². The average molecular weight is 375 g/mol. The molecule has 1 amide bonds. The number of nitrogens with zero attached hydrogens (tertiary/aromatic N) is 2. The van der Waals surface area contributed by atoms with E-state index < -0.39 is 4.92 Å². The Hall–Kier alpha value is -2.60. The number of nitro benzene ring substituents is 1. The average Bonchev–Trinajstić information content (AvgIpc) is 2.65. The highest BCUT2D eigenvalue weighted by molar-refractivity contribution is 6.30. The summed E-state index contributed by atoms with van der Waals surface area (Å²) < 4.78 is 5.70. The van der Waals surface area contributed by atoms with Gasteiger partial charge in [-0.2, -0.15) is 0 Å². The molecule has 0 saturated heterocycles. The molecule has 3 rings (SSSR count). The van der Waals surface area contributed by atoms with Crippen molar-refractivity contribution in [2.45, 2.75) is 19.4 Å². The number of benzene rings is 2. The Morgan fingerprint density at radius 2 is 2.12 bits per heavy atom. The van der Waals surface area contributed by atoms with Gasteiger partial charge in [-0.3, -0.25) is 14.9 Å². The third kappa shape index (κ3) is 3.65. The summed E-state index contributed by atoms with van der Waals surface area (Å²) in [5.74, 6) is 0.384. The minimum atomic E-state index is -0.437. The number of carbonyl (C=O) groups is 1. The van der Waals surface area contributed by atoms with E-state index in [1.54, 1.807) is 30.1 Å². The van der Waals surface area contributed by atoms with Crippen molar-refractivity contribution in [2.24, 2.45) is 5.92 Å². The van der Waals surface area contributed by atoms with Gasteiger partial charge in [-0.1, -0.05) is 23.7 Å². The number of rotatable bonds is 4. The zero-order chi connectivity index (χ0) is 18.8. The Bertz CT molecular complexity index is 855. The van der Waals surface area contributed by atoms with Crippen molar-refractivity contribution in [2.75, 3.05) is 13.7 Å². The van der Waals surface area contributed by atoms with Crippen LogP contribution < -0.4 is 4.74 Å². The normalized spacial score (nSPS) is 17.0. The maximum Gasteiger partial charge on any atom is 0.269 e. The van der Waals surface area contributed by atoms with Gasteiger partial charge < -0.3 is 9.64 Å². The molecule has 6 nitrogen and oxygen atoms in total. The van der Waals surface area contributed by atoms with Gasteiger partial charge in [-0.15, -0.1) is 0 Å². The van der Waals surface area contributed by atoms with Crippen molar-refractivity contribution in [3.63, 3.8) is 0 Å². The highest BCUT2D eigenvalue weighted by Crippen LogP contribution is 2.32. The van der Waals surface area contributed by atoms with Gasteiger partial charge in [0.1, 0.15) is 12.4 Å². The molecule has 1 aliphatic rings. The highest BCUT2D eigenvalue weighted by atomic mass is 35.5. The molecule has 0 spiro atoms. The number of hydrogen-bond acceptors (Lipinski definition) is 4. The number of hydrogen-bond donors (Lipinski definition) is 0. The van der Waals surface area contributed by atoms with Gasteiger partial charge in [0.15, 0.2) is 0 Å². The van der Waals surface area contributed by atoms with E-state index in [1.807, 2.05) is 19.1 Å². The first-order valence-corrected chi connectivity index (χ1v) is 8.67. The lowest BCUT2D eigenvalue weighted by atomic mass is 9.94.